The number of hydrogen-bond donors (Lipinski definition) is 0. The van der Waals surface area contributed by atoms with E-state index in [-0.39, 0.29) is 5.91 Å². The minimum Gasteiger partial charge on any atom is -0.383 e. The van der Waals surface area contributed by atoms with Gasteiger partial charge in [-0.3, -0.25) is 9.69 Å². The van der Waals surface area contributed by atoms with Crippen molar-refractivity contribution in [2.45, 2.75) is 25.8 Å². The summed E-state index contributed by atoms with van der Waals surface area (Å²) in [4.78, 5) is 14.9. The van der Waals surface area contributed by atoms with Gasteiger partial charge in [0.1, 0.15) is 0 Å². The van der Waals surface area contributed by atoms with Crippen molar-refractivity contribution in [3.63, 3.8) is 0 Å². The van der Waals surface area contributed by atoms with Crippen LogP contribution in [-0.4, -0.2) is 62.1 Å². The zero-order valence-electron chi connectivity index (χ0n) is 11.0. The maximum absolute atomic E-state index is 11.0. The van der Waals surface area contributed by atoms with Gasteiger partial charge in [-0.1, -0.05) is 11.8 Å². The predicted octanol–water partition coefficient (Wildman–Crippen LogP) is 0.579. The number of methoxy groups -OCH3 is 1. The van der Waals surface area contributed by atoms with Crippen LogP contribution in [0, 0.1) is 11.8 Å². The van der Waals surface area contributed by atoms with Crippen molar-refractivity contribution in [2.24, 2.45) is 0 Å². The summed E-state index contributed by atoms with van der Waals surface area (Å²) in [6.45, 7) is 4.73. The summed E-state index contributed by atoms with van der Waals surface area (Å²) in [5.41, 5.74) is 0. The van der Waals surface area contributed by atoms with E-state index in [0.29, 0.717) is 12.6 Å². The van der Waals surface area contributed by atoms with E-state index in [0.717, 1.165) is 19.7 Å². The average molecular weight is 238 g/mol. The number of carbonyl (C=O) groups is 1. The molecule has 0 aliphatic carbocycles. The van der Waals surface area contributed by atoms with E-state index in [1.54, 1.807) is 26.0 Å². The van der Waals surface area contributed by atoms with Crippen molar-refractivity contribution in [3.05, 3.63) is 0 Å². The fraction of sp³-hybridized carbons (Fsp3) is 0.769. The lowest BCUT2D eigenvalue weighted by molar-refractivity contribution is -0.126. The number of nitrogens with zero attached hydrogens (tertiary/aromatic N) is 2. The van der Waals surface area contributed by atoms with Crippen LogP contribution >= 0.6 is 0 Å². The van der Waals surface area contributed by atoms with E-state index in [9.17, 15) is 4.79 Å². The monoisotopic (exact) mass is 238 g/mol. The fourth-order valence-corrected chi connectivity index (χ4v) is 1.93. The van der Waals surface area contributed by atoms with E-state index in [4.69, 9.17) is 4.74 Å². The van der Waals surface area contributed by atoms with E-state index >= 15 is 0 Å². The van der Waals surface area contributed by atoms with Gasteiger partial charge in [-0.25, -0.2) is 0 Å². The van der Waals surface area contributed by atoms with Crippen LogP contribution in [0.5, 0.6) is 0 Å². The molecule has 0 bridgehead atoms. The first kappa shape index (κ1) is 14.0. The number of hydrogen-bond acceptors (Lipinski definition) is 3. The zero-order valence-corrected chi connectivity index (χ0v) is 11.0. The van der Waals surface area contributed by atoms with Gasteiger partial charge in [-0.15, -0.1) is 0 Å². The summed E-state index contributed by atoms with van der Waals surface area (Å²) in [6, 6.07) is 0.514. The van der Waals surface area contributed by atoms with Crippen molar-refractivity contribution in [2.75, 3.05) is 40.4 Å². The van der Waals surface area contributed by atoms with E-state index in [2.05, 4.69) is 16.7 Å². The number of rotatable bonds is 4. The smallest absolute Gasteiger partial charge is 0.219 e. The third-order valence-electron chi connectivity index (χ3n) is 3.12. The lowest BCUT2D eigenvalue weighted by Crippen LogP contribution is -2.33. The molecule has 1 fully saturated rings. The largest absolute Gasteiger partial charge is 0.383 e. The second kappa shape index (κ2) is 7.31. The van der Waals surface area contributed by atoms with Crippen LogP contribution in [0.25, 0.3) is 0 Å². The van der Waals surface area contributed by atoms with E-state index in [1.807, 2.05) is 0 Å². The molecular formula is C13H22N2O2. The standard InChI is InChI=1S/C13H22N2O2/c1-12(16)14(2)8-4-5-9-15-10-6-7-13(15)11-17-3/h13H,6-11H2,1-3H3/t13-/m0/s1. The Balaban J connectivity index is 2.30. The van der Waals surface area contributed by atoms with E-state index < -0.39 is 0 Å². The summed E-state index contributed by atoms with van der Waals surface area (Å²) in [5.74, 6) is 6.21. The second-order valence-electron chi connectivity index (χ2n) is 4.45. The molecule has 4 heteroatoms. The first-order valence-electron chi connectivity index (χ1n) is 6.05. The Hall–Kier alpha value is -1.05. The topological polar surface area (TPSA) is 32.8 Å². The van der Waals surface area contributed by atoms with Gasteiger partial charge in [0.25, 0.3) is 0 Å². The third kappa shape index (κ3) is 4.76. The van der Waals surface area contributed by atoms with Gasteiger partial charge >= 0.3 is 0 Å². The van der Waals surface area contributed by atoms with Crippen LogP contribution in [0.4, 0.5) is 0 Å². The molecule has 17 heavy (non-hydrogen) atoms. The summed E-state index contributed by atoms with van der Waals surface area (Å²) in [7, 11) is 3.50. The van der Waals surface area contributed by atoms with Crippen LogP contribution in [0.2, 0.25) is 0 Å². The molecular weight excluding hydrogens is 216 g/mol. The van der Waals surface area contributed by atoms with Crippen LogP contribution in [0.1, 0.15) is 19.8 Å². The molecule has 1 saturated heterocycles. The quantitative estimate of drug-likeness (QED) is 0.672. The van der Waals surface area contributed by atoms with Crippen LogP contribution in [0.15, 0.2) is 0 Å². The summed E-state index contributed by atoms with van der Waals surface area (Å²) >= 11 is 0. The Morgan fingerprint density at radius 3 is 2.94 bits per heavy atom. The molecule has 1 aliphatic heterocycles. The summed E-state index contributed by atoms with van der Waals surface area (Å²) < 4.78 is 5.19. The molecule has 4 nitrogen and oxygen atoms in total. The second-order valence-corrected chi connectivity index (χ2v) is 4.45. The molecule has 1 rings (SSSR count). The molecule has 0 radical (unpaired) electrons. The third-order valence-corrected chi connectivity index (χ3v) is 3.12. The maximum atomic E-state index is 11.0. The number of likely N-dealkylation sites (tertiary alicyclic amines) is 1. The lowest BCUT2D eigenvalue weighted by Gasteiger charge is -2.21. The van der Waals surface area contributed by atoms with Crippen molar-refractivity contribution >= 4 is 5.91 Å². The highest BCUT2D eigenvalue weighted by Gasteiger charge is 2.22. The van der Waals surface area contributed by atoms with Crippen molar-refractivity contribution in [3.8, 4) is 11.8 Å². The Morgan fingerprint density at radius 1 is 1.53 bits per heavy atom. The molecule has 96 valence electrons. The molecule has 0 unspecified atom stereocenters. The summed E-state index contributed by atoms with van der Waals surface area (Å²) in [6.07, 6.45) is 2.42. The van der Waals surface area contributed by atoms with E-state index in [1.165, 1.54) is 12.8 Å². The minimum absolute atomic E-state index is 0.0535. The molecule has 1 amide bonds. The van der Waals surface area contributed by atoms with Gasteiger partial charge < -0.3 is 9.64 Å². The fourth-order valence-electron chi connectivity index (χ4n) is 1.93. The molecule has 0 aromatic carbocycles. The van der Waals surface area contributed by atoms with Crippen molar-refractivity contribution in [1.82, 2.24) is 9.80 Å². The highest BCUT2D eigenvalue weighted by Crippen LogP contribution is 2.16. The molecule has 0 N–H and O–H groups in total. The normalized spacial score (nSPS) is 19.8. The van der Waals surface area contributed by atoms with Gasteiger partial charge in [-0.2, -0.15) is 0 Å². The molecule has 0 aromatic rings. The van der Waals surface area contributed by atoms with Crippen LogP contribution in [0.3, 0.4) is 0 Å². The summed E-state index contributed by atoms with van der Waals surface area (Å²) in [5, 5.41) is 0. The average Bonchev–Trinajstić information content (AvgIpc) is 2.72. The molecule has 1 heterocycles. The highest BCUT2D eigenvalue weighted by atomic mass is 16.5. The number of ether oxygens (including phenoxy) is 1. The first-order valence-corrected chi connectivity index (χ1v) is 6.05. The van der Waals surface area contributed by atoms with Gasteiger partial charge in [0, 0.05) is 27.1 Å². The minimum atomic E-state index is 0.0535. The van der Waals surface area contributed by atoms with Crippen molar-refractivity contribution in [1.29, 1.82) is 0 Å². The molecule has 1 aliphatic rings. The highest BCUT2D eigenvalue weighted by molar-refractivity contribution is 5.73. The molecule has 0 spiro atoms. The molecule has 0 aromatic heterocycles. The molecule has 1 atom stereocenters. The van der Waals surface area contributed by atoms with Gasteiger partial charge in [0.05, 0.1) is 19.7 Å². The number of carbonyl (C=O) groups excluding carboxylic acids is 1. The predicted molar refractivity (Wildman–Crippen MR) is 67.6 cm³/mol. The van der Waals surface area contributed by atoms with Gasteiger partial charge in [0.2, 0.25) is 5.91 Å². The lowest BCUT2D eigenvalue weighted by atomic mass is 10.2. The van der Waals surface area contributed by atoms with Crippen LogP contribution in [-0.2, 0) is 9.53 Å². The SMILES string of the molecule is COC[C@@H]1CCCN1CC#CCN(C)C(C)=O. The maximum Gasteiger partial charge on any atom is 0.219 e. The van der Waals surface area contributed by atoms with Crippen LogP contribution < -0.4 is 0 Å². The Kier molecular flexibility index (Phi) is 6.03. The number of amides is 1. The molecule has 0 saturated carbocycles. The Bertz CT molecular complexity index is 306. The first-order chi connectivity index (χ1) is 8.15. The Morgan fingerprint density at radius 2 is 2.29 bits per heavy atom. The van der Waals surface area contributed by atoms with Crippen molar-refractivity contribution < 1.29 is 9.53 Å². The zero-order chi connectivity index (χ0) is 12.7. The van der Waals surface area contributed by atoms with Gasteiger partial charge in [-0.05, 0) is 19.4 Å². The Labute approximate surface area is 104 Å². The van der Waals surface area contributed by atoms with Gasteiger partial charge in [0.15, 0.2) is 0 Å².